The van der Waals surface area contributed by atoms with Gasteiger partial charge < -0.3 is 10.3 Å². The van der Waals surface area contributed by atoms with E-state index in [4.69, 9.17) is 22.5 Å². The van der Waals surface area contributed by atoms with Crippen LogP contribution in [0.1, 0.15) is 25.1 Å². The second-order valence-corrected chi connectivity index (χ2v) is 6.14. The number of aromatic nitrogens is 2. The SMILES string of the molecule is CCC(C(N)=S)S(=O)(=O)NCCc1noc(C)n1. The number of rotatable bonds is 7. The Balaban J connectivity index is 2.54. The van der Waals surface area contributed by atoms with Crippen molar-refractivity contribution < 1.29 is 12.9 Å². The molecule has 1 heterocycles. The predicted molar refractivity (Wildman–Crippen MR) is 70.5 cm³/mol. The largest absolute Gasteiger partial charge is 0.392 e. The van der Waals surface area contributed by atoms with Crippen LogP contribution in [0.3, 0.4) is 0 Å². The summed E-state index contributed by atoms with van der Waals surface area (Å²) in [5, 5.41) is 2.82. The van der Waals surface area contributed by atoms with Gasteiger partial charge >= 0.3 is 0 Å². The highest BCUT2D eigenvalue weighted by atomic mass is 32.2. The van der Waals surface area contributed by atoms with Gasteiger partial charge in [0, 0.05) is 19.9 Å². The molecule has 1 rings (SSSR count). The molecule has 0 amide bonds. The molecule has 0 aliphatic carbocycles. The lowest BCUT2D eigenvalue weighted by molar-refractivity contribution is 0.387. The molecular formula is C9H16N4O3S2. The molecule has 0 aliphatic heterocycles. The Hall–Kier alpha value is -1.06. The van der Waals surface area contributed by atoms with Gasteiger partial charge in [0.1, 0.15) is 5.25 Å². The number of nitrogens with two attached hydrogens (primary N) is 1. The molecule has 0 aliphatic rings. The van der Waals surface area contributed by atoms with Gasteiger partial charge in [-0.1, -0.05) is 24.3 Å². The maximum Gasteiger partial charge on any atom is 0.223 e. The third-order valence-electron chi connectivity index (χ3n) is 2.28. The zero-order valence-corrected chi connectivity index (χ0v) is 11.8. The molecule has 7 nitrogen and oxygen atoms in total. The smallest absolute Gasteiger partial charge is 0.223 e. The summed E-state index contributed by atoms with van der Waals surface area (Å²) in [7, 11) is -3.54. The molecule has 0 saturated heterocycles. The number of nitrogens with one attached hydrogen (secondary N) is 1. The van der Waals surface area contributed by atoms with E-state index in [2.05, 4.69) is 14.9 Å². The van der Waals surface area contributed by atoms with Gasteiger partial charge in [-0.15, -0.1) is 0 Å². The minimum atomic E-state index is -3.54. The van der Waals surface area contributed by atoms with Gasteiger partial charge in [-0.25, -0.2) is 13.1 Å². The number of hydrogen-bond acceptors (Lipinski definition) is 6. The molecule has 1 aromatic rings. The van der Waals surface area contributed by atoms with Crippen LogP contribution < -0.4 is 10.5 Å². The van der Waals surface area contributed by atoms with Gasteiger partial charge in [0.2, 0.25) is 15.9 Å². The first-order valence-electron chi connectivity index (χ1n) is 5.43. The van der Waals surface area contributed by atoms with Gasteiger partial charge in [0.15, 0.2) is 5.82 Å². The van der Waals surface area contributed by atoms with Crippen molar-refractivity contribution >= 4 is 27.2 Å². The van der Waals surface area contributed by atoms with E-state index < -0.39 is 15.3 Å². The van der Waals surface area contributed by atoms with Gasteiger partial charge in [-0.2, -0.15) is 4.98 Å². The van der Waals surface area contributed by atoms with Gasteiger partial charge in [-0.3, -0.25) is 0 Å². The molecule has 0 bridgehead atoms. The van der Waals surface area contributed by atoms with Crippen LogP contribution in [0, 0.1) is 6.92 Å². The summed E-state index contributed by atoms with van der Waals surface area (Å²) < 4.78 is 30.9. The lowest BCUT2D eigenvalue weighted by atomic mass is 10.3. The summed E-state index contributed by atoms with van der Waals surface area (Å²) in [5.41, 5.74) is 5.39. The van der Waals surface area contributed by atoms with Crippen molar-refractivity contribution in [3.63, 3.8) is 0 Å². The fourth-order valence-corrected chi connectivity index (χ4v) is 3.30. The van der Waals surface area contributed by atoms with E-state index >= 15 is 0 Å². The van der Waals surface area contributed by atoms with E-state index in [1.165, 1.54) is 0 Å². The first-order valence-corrected chi connectivity index (χ1v) is 7.39. The van der Waals surface area contributed by atoms with Crippen LogP contribution in [0.2, 0.25) is 0 Å². The van der Waals surface area contributed by atoms with Gasteiger partial charge in [-0.05, 0) is 6.42 Å². The lowest BCUT2D eigenvalue weighted by Crippen LogP contribution is -2.42. The van der Waals surface area contributed by atoms with E-state index in [0.29, 0.717) is 24.6 Å². The van der Waals surface area contributed by atoms with E-state index in [1.54, 1.807) is 13.8 Å². The molecule has 0 saturated carbocycles. The quantitative estimate of drug-likeness (QED) is 0.675. The summed E-state index contributed by atoms with van der Waals surface area (Å²) in [4.78, 5) is 3.94. The summed E-state index contributed by atoms with van der Waals surface area (Å²) >= 11 is 4.73. The number of nitrogens with zero attached hydrogens (tertiary/aromatic N) is 2. The molecule has 0 aromatic carbocycles. The van der Waals surface area contributed by atoms with Crippen LogP contribution in [0.25, 0.3) is 0 Å². The average molecular weight is 292 g/mol. The minimum absolute atomic E-state index is 0.0274. The maximum absolute atomic E-state index is 11.9. The van der Waals surface area contributed by atoms with Crippen LogP contribution in [0.15, 0.2) is 4.52 Å². The van der Waals surface area contributed by atoms with E-state index in [1.807, 2.05) is 0 Å². The van der Waals surface area contributed by atoms with E-state index in [-0.39, 0.29) is 11.5 Å². The van der Waals surface area contributed by atoms with Gasteiger partial charge in [0.25, 0.3) is 0 Å². The Morgan fingerprint density at radius 3 is 2.72 bits per heavy atom. The molecular weight excluding hydrogens is 276 g/mol. The molecule has 102 valence electrons. The maximum atomic E-state index is 11.9. The molecule has 0 spiro atoms. The van der Waals surface area contributed by atoms with Gasteiger partial charge in [0.05, 0.1) is 4.99 Å². The Bertz CT molecular complexity index is 512. The Labute approximate surface area is 111 Å². The molecule has 0 radical (unpaired) electrons. The van der Waals surface area contributed by atoms with Crippen LogP contribution >= 0.6 is 12.2 Å². The van der Waals surface area contributed by atoms with Crippen molar-refractivity contribution in [3.05, 3.63) is 11.7 Å². The number of hydrogen-bond donors (Lipinski definition) is 2. The second-order valence-electron chi connectivity index (χ2n) is 3.72. The topological polar surface area (TPSA) is 111 Å². The Morgan fingerprint density at radius 2 is 2.28 bits per heavy atom. The molecule has 1 atom stereocenters. The van der Waals surface area contributed by atoms with Crippen molar-refractivity contribution in [3.8, 4) is 0 Å². The van der Waals surface area contributed by atoms with E-state index in [0.717, 1.165) is 0 Å². The summed E-state index contributed by atoms with van der Waals surface area (Å²) in [5.74, 6) is 0.904. The minimum Gasteiger partial charge on any atom is -0.392 e. The van der Waals surface area contributed by atoms with Crippen molar-refractivity contribution in [1.82, 2.24) is 14.9 Å². The molecule has 0 fully saturated rings. The summed E-state index contributed by atoms with van der Waals surface area (Å²) in [6.45, 7) is 3.56. The third-order valence-corrected chi connectivity index (χ3v) is 4.66. The number of sulfonamides is 1. The highest BCUT2D eigenvalue weighted by molar-refractivity contribution is 7.93. The highest BCUT2D eigenvalue weighted by Crippen LogP contribution is 2.05. The monoisotopic (exact) mass is 292 g/mol. The van der Waals surface area contributed by atoms with Crippen LogP contribution in [0.4, 0.5) is 0 Å². The zero-order valence-electron chi connectivity index (χ0n) is 10.2. The van der Waals surface area contributed by atoms with Crippen LogP contribution in [-0.2, 0) is 16.4 Å². The normalized spacial score (nSPS) is 13.4. The Kier molecular flexibility index (Phi) is 5.17. The second kappa shape index (κ2) is 6.21. The number of thiocarbonyl (C=S) groups is 1. The molecule has 18 heavy (non-hydrogen) atoms. The van der Waals surface area contributed by atoms with Crippen molar-refractivity contribution in [1.29, 1.82) is 0 Å². The highest BCUT2D eigenvalue weighted by Gasteiger charge is 2.25. The molecule has 3 N–H and O–H groups in total. The Morgan fingerprint density at radius 1 is 1.61 bits per heavy atom. The fourth-order valence-electron chi connectivity index (χ4n) is 1.42. The first-order chi connectivity index (χ1) is 8.36. The van der Waals surface area contributed by atoms with Crippen LogP contribution in [-0.4, -0.2) is 35.3 Å². The zero-order chi connectivity index (χ0) is 13.8. The molecule has 9 heteroatoms. The number of aryl methyl sites for hydroxylation is 1. The van der Waals surface area contributed by atoms with Crippen molar-refractivity contribution in [2.24, 2.45) is 5.73 Å². The lowest BCUT2D eigenvalue weighted by Gasteiger charge is -2.14. The van der Waals surface area contributed by atoms with Crippen LogP contribution in [0.5, 0.6) is 0 Å². The standard InChI is InChI=1S/C9H16N4O3S2/c1-3-7(9(10)17)18(14,15)11-5-4-8-12-6(2)16-13-8/h7,11H,3-5H2,1-2H3,(H2,10,17). The average Bonchev–Trinajstić information content (AvgIpc) is 2.63. The third kappa shape index (κ3) is 4.00. The summed E-state index contributed by atoms with van der Waals surface area (Å²) in [6, 6.07) is 0. The fraction of sp³-hybridized carbons (Fsp3) is 0.667. The molecule has 1 unspecified atom stereocenters. The van der Waals surface area contributed by atoms with E-state index in [9.17, 15) is 8.42 Å². The molecule has 1 aromatic heterocycles. The predicted octanol–water partition coefficient (Wildman–Crippen LogP) is -0.0954. The summed E-state index contributed by atoms with van der Waals surface area (Å²) in [6.07, 6.45) is 0.691. The van der Waals surface area contributed by atoms with Crippen molar-refractivity contribution in [2.75, 3.05) is 6.54 Å². The van der Waals surface area contributed by atoms with Crippen molar-refractivity contribution in [2.45, 2.75) is 31.9 Å². The first kappa shape index (κ1) is 15.0.